The largest absolute Gasteiger partial charge is 0.479 e. The summed E-state index contributed by atoms with van der Waals surface area (Å²) < 4.78 is 18.1. The Balaban J connectivity index is 1.82. The lowest BCUT2D eigenvalue weighted by molar-refractivity contribution is -0.148. The van der Waals surface area contributed by atoms with E-state index in [2.05, 4.69) is 5.32 Å². The van der Waals surface area contributed by atoms with Crippen molar-refractivity contribution in [2.45, 2.75) is 30.2 Å². The fraction of sp³-hybridized carbons (Fsp3) is 0.467. The van der Waals surface area contributed by atoms with Crippen molar-refractivity contribution in [3.63, 3.8) is 0 Å². The molecular formula is C15H16FNO4. The lowest BCUT2D eigenvalue weighted by Gasteiger charge is -2.27. The van der Waals surface area contributed by atoms with Gasteiger partial charge in [0.05, 0.1) is 12.0 Å². The summed E-state index contributed by atoms with van der Waals surface area (Å²) in [5, 5.41) is 12.0. The molecule has 1 amide bonds. The second-order valence-corrected chi connectivity index (χ2v) is 5.73. The molecule has 5 nitrogen and oxygen atoms in total. The molecule has 1 unspecified atom stereocenters. The van der Waals surface area contributed by atoms with E-state index in [4.69, 9.17) is 4.74 Å². The minimum Gasteiger partial charge on any atom is -0.479 e. The number of carboxylic acid groups (broad SMARTS) is 1. The van der Waals surface area contributed by atoms with Crippen LogP contribution < -0.4 is 5.32 Å². The van der Waals surface area contributed by atoms with Crippen molar-refractivity contribution < 1.29 is 23.8 Å². The highest BCUT2D eigenvalue weighted by molar-refractivity contribution is 5.95. The number of hydrogen-bond acceptors (Lipinski definition) is 3. The Bertz CT molecular complexity index is 574. The summed E-state index contributed by atoms with van der Waals surface area (Å²) in [5.74, 6) is -1.76. The van der Waals surface area contributed by atoms with Crippen LogP contribution in [0.4, 0.5) is 4.39 Å². The number of nitrogens with one attached hydrogen (secondary N) is 1. The monoisotopic (exact) mass is 293 g/mol. The van der Waals surface area contributed by atoms with E-state index in [0.29, 0.717) is 19.4 Å². The molecular weight excluding hydrogens is 277 g/mol. The molecule has 1 saturated carbocycles. The molecule has 2 aliphatic rings. The Morgan fingerprint density at radius 2 is 1.86 bits per heavy atom. The molecule has 1 aromatic rings. The molecule has 21 heavy (non-hydrogen) atoms. The van der Waals surface area contributed by atoms with Crippen molar-refractivity contribution in [3.8, 4) is 0 Å². The van der Waals surface area contributed by atoms with Crippen LogP contribution in [0.3, 0.4) is 0 Å². The van der Waals surface area contributed by atoms with E-state index in [1.165, 1.54) is 12.1 Å². The number of amides is 1. The van der Waals surface area contributed by atoms with Crippen LogP contribution >= 0.6 is 0 Å². The van der Waals surface area contributed by atoms with E-state index < -0.39 is 16.9 Å². The third-order valence-electron chi connectivity index (χ3n) is 4.37. The highest BCUT2D eigenvalue weighted by atomic mass is 19.1. The first-order chi connectivity index (χ1) is 9.98. The maximum Gasteiger partial charge on any atom is 0.331 e. The standard InChI is InChI=1S/C15H16FNO4/c16-11-3-1-10(2-4-11)14(5-6-14)12(18)17-15(13(19)20)7-8-21-9-15/h1-4H,5-9H2,(H,17,18)(H,19,20). The lowest BCUT2D eigenvalue weighted by atomic mass is 9.91. The number of carbonyl (C=O) groups excluding carboxylic acids is 1. The van der Waals surface area contributed by atoms with E-state index in [0.717, 1.165) is 5.56 Å². The van der Waals surface area contributed by atoms with Gasteiger partial charge in [-0.25, -0.2) is 9.18 Å². The van der Waals surface area contributed by atoms with Gasteiger partial charge >= 0.3 is 5.97 Å². The van der Waals surface area contributed by atoms with Crippen molar-refractivity contribution in [2.24, 2.45) is 0 Å². The smallest absolute Gasteiger partial charge is 0.331 e. The molecule has 1 aliphatic carbocycles. The minimum atomic E-state index is -1.34. The van der Waals surface area contributed by atoms with E-state index in [-0.39, 0.29) is 24.8 Å². The summed E-state index contributed by atoms with van der Waals surface area (Å²) >= 11 is 0. The van der Waals surface area contributed by atoms with E-state index >= 15 is 0 Å². The zero-order valence-electron chi connectivity index (χ0n) is 11.4. The van der Waals surface area contributed by atoms with Crippen LogP contribution in [0.25, 0.3) is 0 Å². The minimum absolute atomic E-state index is 0.0203. The Labute approximate surface area is 121 Å². The molecule has 3 rings (SSSR count). The Morgan fingerprint density at radius 1 is 1.19 bits per heavy atom. The second kappa shape index (κ2) is 4.80. The molecule has 0 radical (unpaired) electrons. The van der Waals surface area contributed by atoms with Crippen LogP contribution in [0.15, 0.2) is 24.3 Å². The fourth-order valence-electron chi connectivity index (χ4n) is 2.76. The number of carboxylic acids is 1. The van der Waals surface area contributed by atoms with Gasteiger partial charge in [-0.1, -0.05) is 12.1 Å². The fourth-order valence-corrected chi connectivity index (χ4v) is 2.76. The number of rotatable bonds is 4. The third kappa shape index (κ3) is 2.29. The van der Waals surface area contributed by atoms with Crippen LogP contribution in [0.2, 0.25) is 0 Å². The molecule has 112 valence electrons. The zero-order chi connectivity index (χ0) is 15.1. The highest BCUT2D eigenvalue weighted by Crippen LogP contribution is 2.48. The van der Waals surface area contributed by atoms with Gasteiger partial charge in [-0.05, 0) is 30.5 Å². The molecule has 2 fully saturated rings. The topological polar surface area (TPSA) is 75.6 Å². The molecule has 1 heterocycles. The average molecular weight is 293 g/mol. The van der Waals surface area contributed by atoms with Gasteiger partial charge in [0.15, 0.2) is 5.54 Å². The summed E-state index contributed by atoms with van der Waals surface area (Å²) in [7, 11) is 0. The quantitative estimate of drug-likeness (QED) is 0.875. The van der Waals surface area contributed by atoms with Crippen LogP contribution in [0, 0.1) is 5.82 Å². The van der Waals surface area contributed by atoms with Gasteiger partial charge < -0.3 is 15.2 Å². The number of aliphatic carboxylic acids is 1. The highest BCUT2D eigenvalue weighted by Gasteiger charge is 2.55. The maximum absolute atomic E-state index is 13.0. The summed E-state index contributed by atoms with van der Waals surface area (Å²) in [5.41, 5.74) is -1.34. The first-order valence-corrected chi connectivity index (χ1v) is 6.88. The van der Waals surface area contributed by atoms with Gasteiger partial charge in [0.25, 0.3) is 0 Å². The normalized spacial score (nSPS) is 26.3. The predicted octanol–water partition coefficient (Wildman–Crippen LogP) is 1.22. The van der Waals surface area contributed by atoms with Crippen LogP contribution in [0.1, 0.15) is 24.8 Å². The van der Waals surface area contributed by atoms with Gasteiger partial charge in [0, 0.05) is 13.0 Å². The zero-order valence-corrected chi connectivity index (χ0v) is 11.4. The van der Waals surface area contributed by atoms with Crippen LogP contribution in [-0.2, 0) is 19.7 Å². The summed E-state index contributed by atoms with van der Waals surface area (Å²) in [6.45, 7) is 0.295. The Hall–Kier alpha value is -1.95. The van der Waals surface area contributed by atoms with Crippen molar-refractivity contribution in [1.82, 2.24) is 5.32 Å². The molecule has 1 aliphatic heterocycles. The number of hydrogen-bond donors (Lipinski definition) is 2. The molecule has 2 N–H and O–H groups in total. The van der Waals surface area contributed by atoms with Crippen molar-refractivity contribution in [2.75, 3.05) is 13.2 Å². The van der Waals surface area contributed by atoms with Gasteiger partial charge in [0.1, 0.15) is 5.82 Å². The molecule has 0 bridgehead atoms. The van der Waals surface area contributed by atoms with Crippen molar-refractivity contribution in [3.05, 3.63) is 35.6 Å². The predicted molar refractivity (Wildman–Crippen MR) is 71.3 cm³/mol. The van der Waals surface area contributed by atoms with Crippen LogP contribution in [0.5, 0.6) is 0 Å². The van der Waals surface area contributed by atoms with Gasteiger partial charge in [-0.2, -0.15) is 0 Å². The van der Waals surface area contributed by atoms with E-state index in [1.807, 2.05) is 0 Å². The molecule has 6 heteroatoms. The summed E-state index contributed by atoms with van der Waals surface area (Å²) in [4.78, 5) is 24.0. The van der Waals surface area contributed by atoms with Gasteiger partial charge in [-0.15, -0.1) is 0 Å². The van der Waals surface area contributed by atoms with Crippen LogP contribution in [-0.4, -0.2) is 35.7 Å². The summed E-state index contributed by atoms with van der Waals surface area (Å²) in [6, 6.07) is 5.80. The Kier molecular flexibility index (Phi) is 3.20. The number of halogens is 1. The number of ether oxygens (including phenoxy) is 1. The first kappa shape index (κ1) is 14.0. The molecule has 1 aromatic carbocycles. The molecule has 0 spiro atoms. The molecule has 1 saturated heterocycles. The lowest BCUT2D eigenvalue weighted by Crippen LogP contribution is -2.57. The number of benzene rings is 1. The van der Waals surface area contributed by atoms with Gasteiger partial charge in [0.2, 0.25) is 5.91 Å². The first-order valence-electron chi connectivity index (χ1n) is 6.88. The second-order valence-electron chi connectivity index (χ2n) is 5.73. The summed E-state index contributed by atoms with van der Waals surface area (Å²) in [6.07, 6.45) is 1.54. The Morgan fingerprint density at radius 3 is 2.33 bits per heavy atom. The van der Waals surface area contributed by atoms with E-state index in [1.54, 1.807) is 12.1 Å². The number of carbonyl (C=O) groups is 2. The van der Waals surface area contributed by atoms with Crippen molar-refractivity contribution in [1.29, 1.82) is 0 Å². The molecule has 0 aromatic heterocycles. The molecule has 1 atom stereocenters. The van der Waals surface area contributed by atoms with E-state index in [9.17, 15) is 19.1 Å². The van der Waals surface area contributed by atoms with Crippen molar-refractivity contribution >= 4 is 11.9 Å². The third-order valence-corrected chi connectivity index (χ3v) is 4.37. The average Bonchev–Trinajstić information content (AvgIpc) is 3.13. The maximum atomic E-state index is 13.0. The SMILES string of the molecule is O=C(O)C1(NC(=O)C2(c3ccc(F)cc3)CC2)CCOC1. The van der Waals surface area contributed by atoms with Gasteiger partial charge in [-0.3, -0.25) is 4.79 Å².